The maximum Gasteiger partial charge on any atom is 0.482 e. The predicted octanol–water partition coefficient (Wildman–Crippen LogP) is 7.96. The van der Waals surface area contributed by atoms with Crippen molar-refractivity contribution in [3.63, 3.8) is 0 Å². The number of hydrogen-bond acceptors (Lipinski definition) is 10. The van der Waals surface area contributed by atoms with Crippen molar-refractivity contribution in [2.75, 3.05) is 7.11 Å². The first-order valence-corrected chi connectivity index (χ1v) is 19.8. The molecule has 6 rings (SSSR count). The molecule has 2 amide bonds. The summed E-state index contributed by atoms with van der Waals surface area (Å²) in [6.07, 6.45) is 0.566. The van der Waals surface area contributed by atoms with Gasteiger partial charge in [0.05, 0.1) is 35.3 Å². The van der Waals surface area contributed by atoms with E-state index in [1.807, 2.05) is 6.92 Å². The molecular formula is C42H57BClFN2O10. The quantitative estimate of drug-likeness (QED) is 0.138. The third-order valence-corrected chi connectivity index (χ3v) is 11.3. The lowest BCUT2D eigenvalue weighted by atomic mass is 9.43. The van der Waals surface area contributed by atoms with Crippen LogP contribution in [-0.4, -0.2) is 72.6 Å². The van der Waals surface area contributed by atoms with Gasteiger partial charge < -0.3 is 38.9 Å². The molecule has 1 aliphatic heterocycles. The zero-order valence-corrected chi connectivity index (χ0v) is 36.1. The zero-order chi connectivity index (χ0) is 42.6. The number of ether oxygens (including phenoxy) is 4. The SMILES string of the molecule is COc1c(CC(NC(=O)C(NC(=O)OC(C)(C)C)c2ccc(C(=O)OC(C)(C)C)c(F)c2Cl)B2O[C@@H]3C[C@@H]4C[C@@H](C4(C)C)[C@]3(C)O2)cccc1C(=O)OC(C)(C)C. The second kappa shape index (κ2) is 15.7. The van der Waals surface area contributed by atoms with Crippen molar-refractivity contribution in [3.05, 3.63) is 63.4 Å². The molecule has 312 valence electrons. The fourth-order valence-corrected chi connectivity index (χ4v) is 8.53. The minimum absolute atomic E-state index is 0.0297. The number of alkyl carbamates (subject to hydrolysis) is 1. The van der Waals surface area contributed by atoms with E-state index in [-0.39, 0.29) is 40.7 Å². The fourth-order valence-electron chi connectivity index (χ4n) is 8.26. The summed E-state index contributed by atoms with van der Waals surface area (Å²) in [6.45, 7) is 21.7. The van der Waals surface area contributed by atoms with Crippen LogP contribution in [0.4, 0.5) is 9.18 Å². The molecule has 1 saturated heterocycles. The van der Waals surface area contributed by atoms with Crippen LogP contribution in [0, 0.1) is 23.1 Å². The molecule has 2 aromatic rings. The Labute approximate surface area is 340 Å². The Morgan fingerprint density at radius 3 is 2.04 bits per heavy atom. The number of methoxy groups -OCH3 is 1. The largest absolute Gasteiger partial charge is 0.496 e. The van der Waals surface area contributed by atoms with E-state index in [1.54, 1.807) is 80.5 Å². The summed E-state index contributed by atoms with van der Waals surface area (Å²) in [4.78, 5) is 54.1. The lowest BCUT2D eigenvalue weighted by Crippen LogP contribution is -2.65. The van der Waals surface area contributed by atoms with Gasteiger partial charge in [-0.05, 0) is 123 Å². The number of carbonyl (C=O) groups excluding carboxylic acids is 4. The van der Waals surface area contributed by atoms with Gasteiger partial charge in [-0.3, -0.25) is 4.79 Å². The lowest BCUT2D eigenvalue weighted by Gasteiger charge is -2.64. The number of benzene rings is 2. The van der Waals surface area contributed by atoms with Crippen LogP contribution in [0.1, 0.15) is 134 Å². The van der Waals surface area contributed by atoms with Crippen LogP contribution < -0.4 is 15.4 Å². The van der Waals surface area contributed by atoms with Crippen molar-refractivity contribution >= 4 is 42.7 Å². The van der Waals surface area contributed by atoms with Gasteiger partial charge in [-0.1, -0.05) is 43.6 Å². The number of amides is 2. The molecule has 2 bridgehead atoms. The van der Waals surface area contributed by atoms with Crippen molar-refractivity contribution in [3.8, 4) is 5.75 Å². The number of nitrogens with one attached hydrogen (secondary N) is 2. The van der Waals surface area contributed by atoms with E-state index in [1.165, 1.54) is 13.2 Å². The monoisotopic (exact) mass is 814 g/mol. The summed E-state index contributed by atoms with van der Waals surface area (Å²) in [6, 6.07) is 5.84. The number of esters is 2. The molecule has 0 radical (unpaired) electrons. The highest BCUT2D eigenvalue weighted by Crippen LogP contribution is 2.65. The minimum Gasteiger partial charge on any atom is -0.496 e. The second-order valence-electron chi connectivity index (χ2n) is 19.1. The molecule has 0 aromatic heterocycles. The average Bonchev–Trinajstić information content (AvgIpc) is 3.43. The molecule has 2 N–H and O–H groups in total. The van der Waals surface area contributed by atoms with Crippen molar-refractivity contribution < 1.29 is 51.8 Å². The van der Waals surface area contributed by atoms with Gasteiger partial charge in [0.2, 0.25) is 5.91 Å². The molecule has 15 heteroatoms. The van der Waals surface area contributed by atoms with Gasteiger partial charge in [0.15, 0.2) is 5.82 Å². The number of para-hydroxylation sites is 1. The van der Waals surface area contributed by atoms with Gasteiger partial charge in [-0.25, -0.2) is 18.8 Å². The van der Waals surface area contributed by atoms with E-state index in [4.69, 9.17) is 39.9 Å². The van der Waals surface area contributed by atoms with Crippen molar-refractivity contribution in [1.82, 2.24) is 10.6 Å². The number of hydrogen-bond donors (Lipinski definition) is 2. The van der Waals surface area contributed by atoms with Crippen LogP contribution in [0.3, 0.4) is 0 Å². The minimum atomic E-state index is -1.63. The third kappa shape index (κ3) is 9.55. The molecule has 4 aliphatic rings. The van der Waals surface area contributed by atoms with E-state index in [0.29, 0.717) is 11.5 Å². The van der Waals surface area contributed by atoms with Gasteiger partial charge >= 0.3 is 25.2 Å². The van der Waals surface area contributed by atoms with Crippen molar-refractivity contribution in [2.24, 2.45) is 17.3 Å². The van der Waals surface area contributed by atoms with E-state index < -0.39 is 81.8 Å². The Morgan fingerprint density at radius 2 is 1.47 bits per heavy atom. The summed E-state index contributed by atoms with van der Waals surface area (Å²) in [5.41, 5.74) is -3.16. The summed E-state index contributed by atoms with van der Waals surface area (Å²) < 4.78 is 51.7. The number of rotatable bonds is 10. The molecule has 1 heterocycles. The van der Waals surface area contributed by atoms with Gasteiger partial charge in [0.25, 0.3) is 0 Å². The Balaban J connectivity index is 1.55. The molecule has 12 nitrogen and oxygen atoms in total. The van der Waals surface area contributed by atoms with E-state index >= 15 is 4.39 Å². The molecule has 57 heavy (non-hydrogen) atoms. The van der Waals surface area contributed by atoms with Gasteiger partial charge in [-0.2, -0.15) is 0 Å². The maximum atomic E-state index is 15.9. The van der Waals surface area contributed by atoms with Crippen LogP contribution in [0.25, 0.3) is 0 Å². The standard InChI is InChI=1S/C42H57BClFN2O10/c1-38(2,3)53-35(49)25-18-17-24(30(44)31(25)45)32(47-37(51)55-40(7,8)9)34(48)46-29(43-56-28-21-23-20-27(41(23,10)11)42(28,12)57-43)19-22-15-14-16-26(33(22)52-13)36(50)54-39(4,5)6/h14-18,23,27-29,32H,19-21H2,1-13H3,(H,46,48)(H,47,51)/t23-,27-,28+,29?,32?,42-/m0/s1. The Morgan fingerprint density at radius 1 is 0.877 bits per heavy atom. The topological polar surface area (TPSA) is 148 Å². The molecule has 2 aromatic carbocycles. The molecule has 6 atom stereocenters. The molecule has 4 fully saturated rings. The first kappa shape index (κ1) is 44.2. The van der Waals surface area contributed by atoms with Crippen LogP contribution >= 0.6 is 11.6 Å². The van der Waals surface area contributed by atoms with Crippen LogP contribution in [0.2, 0.25) is 5.02 Å². The second-order valence-corrected chi connectivity index (χ2v) is 19.4. The van der Waals surface area contributed by atoms with Crippen molar-refractivity contribution in [1.29, 1.82) is 0 Å². The van der Waals surface area contributed by atoms with Gasteiger partial charge in [0, 0.05) is 5.56 Å². The Bertz CT molecular complexity index is 1900. The normalized spacial score (nSPS) is 23.6. The average molecular weight is 815 g/mol. The molecule has 3 aliphatic carbocycles. The highest BCUT2D eigenvalue weighted by Gasteiger charge is 2.68. The fraction of sp³-hybridized carbons (Fsp3) is 0.619. The van der Waals surface area contributed by atoms with Crippen LogP contribution in [0.15, 0.2) is 30.3 Å². The molecular weight excluding hydrogens is 758 g/mol. The summed E-state index contributed by atoms with van der Waals surface area (Å²) in [5.74, 6) is -3.55. The maximum absolute atomic E-state index is 15.9. The highest BCUT2D eigenvalue weighted by atomic mass is 35.5. The van der Waals surface area contributed by atoms with Gasteiger partial charge in [0.1, 0.15) is 34.2 Å². The van der Waals surface area contributed by atoms with Crippen LogP contribution in [-0.2, 0) is 34.7 Å². The highest BCUT2D eigenvalue weighted by molar-refractivity contribution is 6.48. The first-order chi connectivity index (χ1) is 26.1. The van der Waals surface area contributed by atoms with Crippen LogP contribution in [0.5, 0.6) is 5.75 Å². The molecule has 2 unspecified atom stereocenters. The van der Waals surface area contributed by atoms with E-state index in [2.05, 4.69) is 24.5 Å². The smallest absolute Gasteiger partial charge is 0.482 e. The summed E-state index contributed by atoms with van der Waals surface area (Å²) >= 11 is 6.58. The Kier molecular flexibility index (Phi) is 12.2. The summed E-state index contributed by atoms with van der Waals surface area (Å²) in [7, 11) is 0.449. The third-order valence-electron chi connectivity index (χ3n) is 10.9. The number of halogens is 2. The number of carbonyl (C=O) groups is 4. The molecule has 3 saturated carbocycles. The zero-order valence-electron chi connectivity index (χ0n) is 35.3. The lowest BCUT2D eigenvalue weighted by molar-refractivity contribution is -0.199. The first-order valence-electron chi connectivity index (χ1n) is 19.4. The Hall–Kier alpha value is -3.88. The van der Waals surface area contributed by atoms with Gasteiger partial charge in [-0.15, -0.1) is 0 Å². The predicted molar refractivity (Wildman–Crippen MR) is 213 cm³/mol. The van der Waals surface area contributed by atoms with Crippen molar-refractivity contribution in [2.45, 2.75) is 143 Å². The van der Waals surface area contributed by atoms with E-state index in [9.17, 15) is 19.2 Å². The van der Waals surface area contributed by atoms with E-state index in [0.717, 1.165) is 18.9 Å². The molecule has 0 spiro atoms. The summed E-state index contributed by atoms with van der Waals surface area (Å²) in [5, 5.41) is 4.97.